The van der Waals surface area contributed by atoms with Gasteiger partial charge in [-0.3, -0.25) is 5.32 Å². The summed E-state index contributed by atoms with van der Waals surface area (Å²) < 4.78 is 10.2. The molecule has 0 unspecified atom stereocenters. The van der Waals surface area contributed by atoms with Gasteiger partial charge in [-0.15, -0.1) is 0 Å². The van der Waals surface area contributed by atoms with Gasteiger partial charge in [0, 0.05) is 0 Å². The molecule has 0 bridgehead atoms. The second-order valence-corrected chi connectivity index (χ2v) is 4.17. The first kappa shape index (κ1) is 15.2. The second-order valence-electron chi connectivity index (χ2n) is 3.76. The lowest BCUT2D eigenvalue weighted by Gasteiger charge is -2.10. The maximum absolute atomic E-state index is 11.0. The van der Waals surface area contributed by atoms with Crippen molar-refractivity contribution in [1.29, 1.82) is 0 Å². The van der Waals surface area contributed by atoms with Crippen LogP contribution in [0.1, 0.15) is 12.5 Å². The van der Waals surface area contributed by atoms with Crippen LogP contribution < -0.4 is 15.4 Å². The van der Waals surface area contributed by atoms with Crippen LogP contribution in [0.5, 0.6) is 5.75 Å². The van der Waals surface area contributed by atoms with E-state index in [1.807, 2.05) is 31.2 Å². The van der Waals surface area contributed by atoms with Gasteiger partial charge in [0.05, 0.1) is 13.2 Å². The van der Waals surface area contributed by atoms with Gasteiger partial charge < -0.3 is 14.8 Å². The fourth-order valence-corrected chi connectivity index (χ4v) is 1.46. The van der Waals surface area contributed by atoms with Gasteiger partial charge in [-0.1, -0.05) is 17.7 Å². The van der Waals surface area contributed by atoms with E-state index in [4.69, 9.17) is 21.7 Å². The van der Waals surface area contributed by atoms with Crippen molar-refractivity contribution in [2.24, 2.45) is 0 Å². The van der Waals surface area contributed by atoms with E-state index in [0.29, 0.717) is 19.8 Å². The molecule has 1 aromatic carbocycles. The van der Waals surface area contributed by atoms with Crippen LogP contribution in [0.2, 0.25) is 0 Å². The first-order chi connectivity index (χ1) is 9.11. The Balaban J connectivity index is 2.15. The van der Waals surface area contributed by atoms with Gasteiger partial charge in [0.2, 0.25) is 0 Å². The first-order valence-electron chi connectivity index (χ1n) is 6.03. The lowest BCUT2D eigenvalue weighted by atomic mass is 10.2. The molecule has 0 aliphatic rings. The molecule has 104 valence electrons. The molecule has 0 aliphatic heterocycles. The molecule has 19 heavy (non-hydrogen) atoms. The van der Waals surface area contributed by atoms with Crippen molar-refractivity contribution in [3.63, 3.8) is 0 Å². The summed E-state index contributed by atoms with van der Waals surface area (Å²) >= 11 is 4.91. The van der Waals surface area contributed by atoms with E-state index in [0.717, 1.165) is 5.75 Å². The number of benzene rings is 1. The van der Waals surface area contributed by atoms with Gasteiger partial charge >= 0.3 is 6.09 Å². The molecule has 1 amide bonds. The Kier molecular flexibility index (Phi) is 6.67. The first-order valence-corrected chi connectivity index (χ1v) is 6.43. The van der Waals surface area contributed by atoms with E-state index in [9.17, 15) is 4.79 Å². The average Bonchev–Trinajstić information content (AvgIpc) is 2.37. The minimum atomic E-state index is -0.556. The third-order valence-electron chi connectivity index (χ3n) is 2.17. The summed E-state index contributed by atoms with van der Waals surface area (Å²) in [5, 5.41) is 5.47. The zero-order chi connectivity index (χ0) is 14.1. The number of hydrogen-bond acceptors (Lipinski definition) is 4. The van der Waals surface area contributed by atoms with Gasteiger partial charge in [-0.2, -0.15) is 0 Å². The minimum absolute atomic E-state index is 0.228. The number of rotatable bonds is 5. The van der Waals surface area contributed by atoms with Crippen molar-refractivity contribution in [3.05, 3.63) is 29.8 Å². The average molecular weight is 282 g/mol. The van der Waals surface area contributed by atoms with Crippen LogP contribution in [0.3, 0.4) is 0 Å². The quantitative estimate of drug-likeness (QED) is 0.639. The summed E-state index contributed by atoms with van der Waals surface area (Å²) in [7, 11) is 0. The fourth-order valence-electron chi connectivity index (χ4n) is 1.27. The highest BCUT2D eigenvalue weighted by Gasteiger charge is 2.03. The molecule has 1 rings (SSSR count). The van der Waals surface area contributed by atoms with Gasteiger partial charge in [0.25, 0.3) is 0 Å². The molecular weight excluding hydrogens is 264 g/mol. The molecule has 0 heterocycles. The minimum Gasteiger partial charge on any atom is -0.492 e. The van der Waals surface area contributed by atoms with Crippen LogP contribution in [0.15, 0.2) is 24.3 Å². The highest BCUT2D eigenvalue weighted by atomic mass is 32.1. The van der Waals surface area contributed by atoms with Crippen molar-refractivity contribution in [2.75, 3.05) is 19.8 Å². The third-order valence-corrected chi connectivity index (χ3v) is 2.41. The van der Waals surface area contributed by atoms with Crippen LogP contribution in [-0.2, 0) is 4.74 Å². The topological polar surface area (TPSA) is 59.6 Å². The number of hydrogen-bond donors (Lipinski definition) is 2. The number of alkyl carbamates (subject to hydrolysis) is 1. The number of aryl methyl sites for hydroxylation is 1. The number of thiocarbonyl (C=S) groups is 1. The van der Waals surface area contributed by atoms with Crippen molar-refractivity contribution in [2.45, 2.75) is 13.8 Å². The molecule has 6 heteroatoms. The standard InChI is InChI=1S/C13H18N2O3S/c1-3-17-13(16)15-12(19)14-8-9-18-11-6-4-10(2)5-7-11/h4-7H,3,8-9H2,1-2H3,(H2,14,15,16,19). The lowest BCUT2D eigenvalue weighted by Crippen LogP contribution is -2.41. The number of carbonyl (C=O) groups is 1. The Hall–Kier alpha value is -1.82. The Morgan fingerprint density at radius 1 is 1.32 bits per heavy atom. The number of nitrogens with one attached hydrogen (secondary N) is 2. The Morgan fingerprint density at radius 3 is 2.63 bits per heavy atom. The Labute approximate surface area is 118 Å². The maximum atomic E-state index is 11.0. The predicted octanol–water partition coefficient (Wildman–Crippen LogP) is 1.99. The smallest absolute Gasteiger partial charge is 0.413 e. The van der Waals surface area contributed by atoms with Crippen LogP contribution in [0.25, 0.3) is 0 Å². The summed E-state index contributed by atoms with van der Waals surface area (Å²) in [6, 6.07) is 7.78. The van der Waals surface area contributed by atoms with Gasteiger partial charge in [-0.25, -0.2) is 4.79 Å². The van der Waals surface area contributed by atoms with E-state index in [2.05, 4.69) is 10.6 Å². The second kappa shape index (κ2) is 8.31. The van der Waals surface area contributed by atoms with E-state index in [1.165, 1.54) is 5.56 Å². The van der Waals surface area contributed by atoms with E-state index >= 15 is 0 Å². The normalized spacial score (nSPS) is 9.58. The molecule has 0 aromatic heterocycles. The summed E-state index contributed by atoms with van der Waals surface area (Å²) in [6.07, 6.45) is -0.556. The number of carbonyl (C=O) groups excluding carboxylic acids is 1. The van der Waals surface area contributed by atoms with Crippen molar-refractivity contribution < 1.29 is 14.3 Å². The molecule has 5 nitrogen and oxygen atoms in total. The van der Waals surface area contributed by atoms with Crippen LogP contribution in [0.4, 0.5) is 4.79 Å². The van der Waals surface area contributed by atoms with E-state index in [-0.39, 0.29) is 5.11 Å². The summed E-state index contributed by atoms with van der Waals surface area (Å²) in [5.74, 6) is 0.802. The van der Waals surface area contributed by atoms with Crippen LogP contribution in [-0.4, -0.2) is 31.0 Å². The molecular formula is C13H18N2O3S. The molecule has 0 fully saturated rings. The zero-order valence-electron chi connectivity index (χ0n) is 11.1. The molecule has 0 saturated heterocycles. The monoisotopic (exact) mass is 282 g/mol. The lowest BCUT2D eigenvalue weighted by molar-refractivity contribution is 0.157. The van der Waals surface area contributed by atoms with Gasteiger partial charge in [0.15, 0.2) is 5.11 Å². The van der Waals surface area contributed by atoms with E-state index in [1.54, 1.807) is 6.92 Å². The van der Waals surface area contributed by atoms with Crippen molar-refractivity contribution in [1.82, 2.24) is 10.6 Å². The molecule has 0 atom stereocenters. The Morgan fingerprint density at radius 2 is 2.00 bits per heavy atom. The molecule has 2 N–H and O–H groups in total. The molecule has 0 radical (unpaired) electrons. The molecule has 0 spiro atoms. The summed E-state index contributed by atoms with van der Waals surface area (Å²) in [5.41, 5.74) is 1.19. The Bertz CT molecular complexity index is 420. The fraction of sp³-hybridized carbons (Fsp3) is 0.385. The maximum Gasteiger partial charge on any atom is 0.413 e. The highest BCUT2D eigenvalue weighted by molar-refractivity contribution is 7.80. The van der Waals surface area contributed by atoms with E-state index < -0.39 is 6.09 Å². The molecule has 1 aromatic rings. The zero-order valence-corrected chi connectivity index (χ0v) is 11.9. The van der Waals surface area contributed by atoms with Gasteiger partial charge in [-0.05, 0) is 38.2 Å². The number of amides is 1. The molecule has 0 saturated carbocycles. The highest BCUT2D eigenvalue weighted by Crippen LogP contribution is 2.10. The summed E-state index contributed by atoms with van der Waals surface area (Å²) in [4.78, 5) is 11.0. The van der Waals surface area contributed by atoms with Crippen molar-refractivity contribution in [3.8, 4) is 5.75 Å². The summed E-state index contributed by atoms with van der Waals surface area (Å²) in [6.45, 7) is 5.01. The van der Waals surface area contributed by atoms with Gasteiger partial charge in [0.1, 0.15) is 12.4 Å². The van der Waals surface area contributed by atoms with Crippen LogP contribution in [0, 0.1) is 6.92 Å². The van der Waals surface area contributed by atoms with Crippen LogP contribution >= 0.6 is 12.2 Å². The SMILES string of the molecule is CCOC(=O)NC(=S)NCCOc1ccc(C)cc1. The number of ether oxygens (including phenoxy) is 2. The predicted molar refractivity (Wildman–Crippen MR) is 77.4 cm³/mol. The molecule has 0 aliphatic carbocycles. The third kappa shape index (κ3) is 6.61. The largest absolute Gasteiger partial charge is 0.492 e. The van der Waals surface area contributed by atoms with Crippen molar-refractivity contribution >= 4 is 23.4 Å².